The average Bonchev–Trinajstić information content (AvgIpc) is 2.67. The van der Waals surface area contributed by atoms with Gasteiger partial charge < -0.3 is 5.32 Å². The van der Waals surface area contributed by atoms with E-state index in [0.717, 1.165) is 5.69 Å². The summed E-state index contributed by atoms with van der Waals surface area (Å²) in [7, 11) is 0. The van der Waals surface area contributed by atoms with E-state index in [2.05, 4.69) is 90.2 Å². The van der Waals surface area contributed by atoms with Crippen molar-refractivity contribution in [2.45, 2.75) is 19.6 Å². The Hall–Kier alpha value is -2.36. The lowest BCUT2D eigenvalue weighted by Gasteiger charge is -2.21. The van der Waals surface area contributed by atoms with Crippen LogP contribution in [0.4, 0.5) is 11.4 Å². The summed E-state index contributed by atoms with van der Waals surface area (Å²) in [5.41, 5.74) is 2.29. The molecule has 120 valence electrons. The topological polar surface area (TPSA) is 12.0 Å². The van der Waals surface area contributed by atoms with Crippen LogP contribution in [0.25, 0.3) is 10.8 Å². The molecule has 0 unspecified atom stereocenters. The van der Waals surface area contributed by atoms with Gasteiger partial charge in [-0.05, 0) is 47.2 Å². The second kappa shape index (κ2) is 6.17. The Morgan fingerprint density at radius 2 is 1.28 bits per heavy atom. The predicted molar refractivity (Wildman–Crippen MR) is 108 cm³/mol. The first-order valence-electron chi connectivity index (χ1n) is 8.20. The van der Waals surface area contributed by atoms with Crippen molar-refractivity contribution in [3.05, 3.63) is 84.9 Å². The van der Waals surface area contributed by atoms with E-state index in [1.165, 1.54) is 36.0 Å². The maximum absolute atomic E-state index is 3.62. The van der Waals surface area contributed by atoms with E-state index >= 15 is 0 Å². The summed E-state index contributed by atoms with van der Waals surface area (Å²) in [5.74, 6) is 0. The average molecular weight is 358 g/mol. The van der Waals surface area contributed by atoms with Gasteiger partial charge in [-0.25, -0.2) is 0 Å². The summed E-state index contributed by atoms with van der Waals surface area (Å²) >= 11 is 3.70. The van der Waals surface area contributed by atoms with Gasteiger partial charge in [-0.3, -0.25) is 0 Å². The molecule has 25 heavy (non-hydrogen) atoms. The van der Waals surface area contributed by atoms with Crippen LogP contribution in [0.2, 0.25) is 0 Å². The molecule has 1 N–H and O–H groups in total. The van der Waals surface area contributed by atoms with Gasteiger partial charge in [-0.15, -0.1) is 0 Å². The lowest BCUT2D eigenvalue weighted by Crippen LogP contribution is -1.96. The molecule has 0 aliphatic carbocycles. The molecule has 1 heterocycles. The molecule has 0 fully saturated rings. The fourth-order valence-corrected chi connectivity index (χ4v) is 5.40. The van der Waals surface area contributed by atoms with E-state index in [-0.39, 0.29) is 0 Å². The summed E-state index contributed by atoms with van der Waals surface area (Å²) in [4.78, 5) is 5.28. The number of hydrogen-bond donors (Lipinski definition) is 1. The summed E-state index contributed by atoms with van der Waals surface area (Å²) in [5, 5.41) is 6.14. The fourth-order valence-electron chi connectivity index (χ4n) is 3.07. The highest BCUT2D eigenvalue weighted by Gasteiger charge is 2.19. The van der Waals surface area contributed by atoms with Gasteiger partial charge in [0, 0.05) is 25.3 Å². The molecule has 0 saturated heterocycles. The zero-order valence-electron chi connectivity index (χ0n) is 13.4. The van der Waals surface area contributed by atoms with E-state index in [4.69, 9.17) is 0 Å². The third-order valence-corrected chi connectivity index (χ3v) is 6.90. The minimum atomic E-state index is 1.12. The summed E-state index contributed by atoms with van der Waals surface area (Å²) < 4.78 is 0. The number of benzene rings is 4. The molecule has 0 radical (unpaired) electrons. The SMILES string of the molecule is c1ccc2c(c1)Sc1cccc(Nc3ccc4ccccc4c3)c1S2. The minimum Gasteiger partial charge on any atom is -0.355 e. The van der Waals surface area contributed by atoms with Crippen molar-refractivity contribution >= 4 is 45.7 Å². The van der Waals surface area contributed by atoms with E-state index in [9.17, 15) is 0 Å². The molecule has 1 aliphatic heterocycles. The normalized spacial score (nSPS) is 12.5. The van der Waals surface area contributed by atoms with Gasteiger partial charge in [0.1, 0.15) is 0 Å². The van der Waals surface area contributed by atoms with Crippen molar-refractivity contribution in [1.82, 2.24) is 0 Å². The molecule has 3 heteroatoms. The van der Waals surface area contributed by atoms with Gasteiger partial charge in [-0.1, -0.05) is 72.1 Å². The fraction of sp³-hybridized carbons (Fsp3) is 0. The molecule has 0 spiro atoms. The monoisotopic (exact) mass is 357 g/mol. The molecule has 0 saturated carbocycles. The lowest BCUT2D eigenvalue weighted by molar-refractivity contribution is 1.16. The van der Waals surface area contributed by atoms with Gasteiger partial charge in [0.2, 0.25) is 0 Å². The predicted octanol–water partition coefficient (Wildman–Crippen LogP) is 7.20. The van der Waals surface area contributed by atoms with Crippen LogP contribution in [0.5, 0.6) is 0 Å². The number of anilines is 2. The van der Waals surface area contributed by atoms with Crippen LogP contribution >= 0.6 is 23.5 Å². The van der Waals surface area contributed by atoms with Crippen molar-refractivity contribution < 1.29 is 0 Å². The van der Waals surface area contributed by atoms with E-state index < -0.39 is 0 Å². The molecule has 1 nitrogen and oxygen atoms in total. The molecule has 0 atom stereocenters. The molecule has 0 bridgehead atoms. The molecular weight excluding hydrogens is 342 g/mol. The van der Waals surface area contributed by atoms with Gasteiger partial charge in [-0.2, -0.15) is 0 Å². The second-order valence-corrected chi connectivity index (χ2v) is 8.11. The van der Waals surface area contributed by atoms with Gasteiger partial charge >= 0.3 is 0 Å². The van der Waals surface area contributed by atoms with Gasteiger partial charge in [0.15, 0.2) is 0 Å². The minimum absolute atomic E-state index is 1.12. The van der Waals surface area contributed by atoms with Gasteiger partial charge in [0.25, 0.3) is 0 Å². The smallest absolute Gasteiger partial charge is 0.0537 e. The number of fused-ring (bicyclic) bond motifs is 3. The summed E-state index contributed by atoms with van der Waals surface area (Å²) in [6.07, 6.45) is 0. The quantitative estimate of drug-likeness (QED) is 0.359. The van der Waals surface area contributed by atoms with Crippen molar-refractivity contribution in [2.24, 2.45) is 0 Å². The third kappa shape index (κ3) is 2.80. The molecule has 1 aliphatic rings. The zero-order chi connectivity index (χ0) is 16.6. The molecule has 0 aromatic heterocycles. The Balaban J connectivity index is 1.53. The lowest BCUT2D eigenvalue weighted by atomic mass is 10.1. The Kier molecular flexibility index (Phi) is 3.69. The highest BCUT2D eigenvalue weighted by molar-refractivity contribution is 8.05. The molecule has 5 rings (SSSR count). The number of hydrogen-bond acceptors (Lipinski definition) is 3. The zero-order valence-corrected chi connectivity index (χ0v) is 15.0. The van der Waals surface area contributed by atoms with Crippen molar-refractivity contribution in [3.63, 3.8) is 0 Å². The maximum atomic E-state index is 3.62. The van der Waals surface area contributed by atoms with E-state index in [1.54, 1.807) is 0 Å². The Bertz CT molecular complexity index is 1090. The highest BCUT2D eigenvalue weighted by Crippen LogP contribution is 2.51. The Labute approximate surface area is 155 Å². The van der Waals surface area contributed by atoms with Crippen LogP contribution in [0.15, 0.2) is 105 Å². The highest BCUT2D eigenvalue weighted by atomic mass is 32.2. The first-order chi connectivity index (χ1) is 12.4. The molecule has 0 amide bonds. The molecule has 4 aromatic rings. The molecule has 4 aromatic carbocycles. The van der Waals surface area contributed by atoms with Crippen LogP contribution in [-0.4, -0.2) is 0 Å². The Morgan fingerprint density at radius 3 is 2.16 bits per heavy atom. The Morgan fingerprint density at radius 1 is 0.560 bits per heavy atom. The van der Waals surface area contributed by atoms with Gasteiger partial charge in [0.05, 0.1) is 5.69 Å². The number of rotatable bonds is 2. The largest absolute Gasteiger partial charge is 0.355 e. The summed E-state index contributed by atoms with van der Waals surface area (Å²) in [6.45, 7) is 0. The van der Waals surface area contributed by atoms with Crippen molar-refractivity contribution in [1.29, 1.82) is 0 Å². The van der Waals surface area contributed by atoms with E-state index in [1.807, 2.05) is 23.5 Å². The third-order valence-electron chi connectivity index (χ3n) is 4.29. The van der Waals surface area contributed by atoms with E-state index in [0.29, 0.717) is 0 Å². The molecular formula is C22H15NS2. The van der Waals surface area contributed by atoms with Crippen LogP contribution in [0.3, 0.4) is 0 Å². The standard InChI is InChI=1S/C22H15NS2/c1-2-7-16-14-17(13-12-15(16)6-1)23-18-8-5-11-21-22(18)25-20-10-4-3-9-19(20)24-21/h1-14,23H. The van der Waals surface area contributed by atoms with Crippen molar-refractivity contribution in [3.8, 4) is 0 Å². The second-order valence-electron chi connectivity index (χ2n) is 5.97. The maximum Gasteiger partial charge on any atom is 0.0537 e. The summed E-state index contributed by atoms with van der Waals surface area (Å²) in [6, 6.07) is 30.1. The van der Waals surface area contributed by atoms with Crippen LogP contribution in [0, 0.1) is 0 Å². The van der Waals surface area contributed by atoms with Crippen LogP contribution < -0.4 is 5.32 Å². The van der Waals surface area contributed by atoms with Crippen molar-refractivity contribution in [2.75, 3.05) is 5.32 Å². The first kappa shape index (κ1) is 14.9. The number of nitrogens with one attached hydrogen (secondary N) is 1. The first-order valence-corrected chi connectivity index (χ1v) is 9.84. The van der Waals surface area contributed by atoms with Crippen LogP contribution in [-0.2, 0) is 0 Å². The van der Waals surface area contributed by atoms with Crippen LogP contribution in [0.1, 0.15) is 0 Å².